The van der Waals surface area contributed by atoms with E-state index in [1.165, 1.54) is 4.57 Å². The van der Waals surface area contributed by atoms with Crippen molar-refractivity contribution < 1.29 is 4.79 Å². The Morgan fingerprint density at radius 2 is 1.64 bits per heavy atom. The zero-order chi connectivity index (χ0) is 22.8. The molecule has 5 rings (SSSR count). The van der Waals surface area contributed by atoms with E-state index in [1.807, 2.05) is 23.1 Å². The summed E-state index contributed by atoms with van der Waals surface area (Å²) in [7, 11) is 0. The number of nitrogens with zero attached hydrogens (tertiary/aromatic N) is 5. The number of aromatic amines is 1. The minimum atomic E-state index is -0.688. The molecule has 166 valence electrons. The van der Waals surface area contributed by atoms with Gasteiger partial charge < -0.3 is 14.8 Å². The normalized spacial score (nSPS) is 13.9. The predicted molar refractivity (Wildman–Crippen MR) is 125 cm³/mol. The lowest BCUT2D eigenvalue weighted by atomic mass is 10.1. The molecule has 9 nitrogen and oxygen atoms in total. The zero-order valence-corrected chi connectivity index (χ0v) is 17.8. The highest BCUT2D eigenvalue weighted by atomic mass is 16.2. The second kappa shape index (κ2) is 8.70. The fraction of sp³-hybridized carbons (Fsp3) is 0.208. The fourth-order valence-electron chi connectivity index (χ4n) is 4.05. The highest BCUT2D eigenvalue weighted by molar-refractivity contribution is 5.94. The molecule has 9 heteroatoms. The lowest BCUT2D eigenvalue weighted by Gasteiger charge is -2.35. The third-order valence-electron chi connectivity index (χ3n) is 5.81. The number of carbonyl (C=O) groups is 1. The number of aromatic nitrogens is 4. The molecule has 33 heavy (non-hydrogen) atoms. The summed E-state index contributed by atoms with van der Waals surface area (Å²) < 4.78 is 1.35. The molecule has 0 bridgehead atoms. The van der Waals surface area contributed by atoms with Crippen LogP contribution in [0.25, 0.3) is 11.2 Å². The highest BCUT2D eigenvalue weighted by Crippen LogP contribution is 2.15. The minimum Gasteiger partial charge on any atom is -0.353 e. The van der Waals surface area contributed by atoms with Crippen LogP contribution in [0.4, 0.5) is 5.82 Å². The van der Waals surface area contributed by atoms with Crippen LogP contribution in [0.1, 0.15) is 15.9 Å². The van der Waals surface area contributed by atoms with Gasteiger partial charge in [0.1, 0.15) is 5.82 Å². The minimum absolute atomic E-state index is 0.0253. The summed E-state index contributed by atoms with van der Waals surface area (Å²) >= 11 is 0. The van der Waals surface area contributed by atoms with Crippen LogP contribution in [-0.4, -0.2) is 56.5 Å². The van der Waals surface area contributed by atoms with Gasteiger partial charge in [-0.2, -0.15) is 0 Å². The Morgan fingerprint density at radius 1 is 0.879 bits per heavy atom. The highest BCUT2D eigenvalue weighted by Gasteiger charge is 2.22. The standard InChI is InChI=1S/C24H22N6O3/c31-22-24(33)30(21-19(27-22)4-3-11-26-21)16-17-6-8-18(9-7-17)23(32)29-14-12-28(13-15-29)20-5-1-2-10-25-20/h1-11H,12-16H2,(H,27,31). The molecule has 1 aliphatic heterocycles. The molecule has 0 atom stereocenters. The van der Waals surface area contributed by atoms with Crippen LogP contribution in [0.2, 0.25) is 0 Å². The van der Waals surface area contributed by atoms with Gasteiger partial charge in [-0.15, -0.1) is 0 Å². The van der Waals surface area contributed by atoms with Crippen LogP contribution in [0.3, 0.4) is 0 Å². The Hall–Kier alpha value is -4.27. The first kappa shape index (κ1) is 20.6. The van der Waals surface area contributed by atoms with Gasteiger partial charge in [-0.25, -0.2) is 9.97 Å². The molecule has 0 radical (unpaired) electrons. The second-order valence-electron chi connectivity index (χ2n) is 7.88. The Balaban J connectivity index is 1.29. The third kappa shape index (κ3) is 4.12. The van der Waals surface area contributed by atoms with E-state index in [4.69, 9.17) is 0 Å². The summed E-state index contributed by atoms with van der Waals surface area (Å²) in [5, 5.41) is 0. The van der Waals surface area contributed by atoms with E-state index in [0.717, 1.165) is 24.5 Å². The topological polar surface area (TPSA) is 104 Å². The van der Waals surface area contributed by atoms with Gasteiger partial charge in [-0.3, -0.25) is 19.0 Å². The summed E-state index contributed by atoms with van der Waals surface area (Å²) in [5.41, 5.74) is 0.948. The summed E-state index contributed by atoms with van der Waals surface area (Å²) in [5.74, 6) is 0.897. The van der Waals surface area contributed by atoms with Gasteiger partial charge in [-0.05, 0) is 42.0 Å². The predicted octanol–water partition coefficient (Wildman–Crippen LogP) is 1.49. The van der Waals surface area contributed by atoms with E-state index in [1.54, 1.807) is 48.8 Å². The van der Waals surface area contributed by atoms with Crippen LogP contribution >= 0.6 is 0 Å². The van der Waals surface area contributed by atoms with Crippen molar-refractivity contribution in [1.29, 1.82) is 0 Å². The monoisotopic (exact) mass is 442 g/mol. The Morgan fingerprint density at radius 3 is 2.36 bits per heavy atom. The van der Waals surface area contributed by atoms with Crippen LogP contribution in [-0.2, 0) is 6.54 Å². The van der Waals surface area contributed by atoms with Crippen molar-refractivity contribution in [2.45, 2.75) is 6.54 Å². The number of nitrogens with one attached hydrogen (secondary N) is 1. The van der Waals surface area contributed by atoms with E-state index in [0.29, 0.717) is 29.8 Å². The van der Waals surface area contributed by atoms with Crippen LogP contribution < -0.4 is 16.0 Å². The molecule has 1 fully saturated rings. The maximum absolute atomic E-state index is 13.0. The average Bonchev–Trinajstić information content (AvgIpc) is 2.87. The van der Waals surface area contributed by atoms with E-state index in [2.05, 4.69) is 19.9 Å². The quantitative estimate of drug-likeness (QED) is 0.480. The number of hydrogen-bond acceptors (Lipinski definition) is 6. The third-order valence-corrected chi connectivity index (χ3v) is 5.81. The Bertz CT molecular complexity index is 1400. The summed E-state index contributed by atoms with van der Waals surface area (Å²) in [6.07, 6.45) is 3.35. The number of H-pyrrole nitrogens is 1. The van der Waals surface area contributed by atoms with E-state index >= 15 is 0 Å². The maximum Gasteiger partial charge on any atom is 0.318 e. The van der Waals surface area contributed by atoms with Crippen molar-refractivity contribution in [3.8, 4) is 0 Å². The molecular formula is C24H22N6O3. The van der Waals surface area contributed by atoms with Gasteiger partial charge in [-0.1, -0.05) is 18.2 Å². The fourth-order valence-corrected chi connectivity index (χ4v) is 4.05. The molecule has 4 aromatic rings. The molecule has 4 heterocycles. The summed E-state index contributed by atoms with van der Waals surface area (Å²) in [6.45, 7) is 2.89. The molecule has 1 saturated heterocycles. The number of pyridine rings is 2. The lowest BCUT2D eigenvalue weighted by molar-refractivity contribution is 0.0746. The smallest absolute Gasteiger partial charge is 0.318 e. The largest absolute Gasteiger partial charge is 0.353 e. The first-order chi connectivity index (χ1) is 16.1. The summed E-state index contributed by atoms with van der Waals surface area (Å²) in [4.78, 5) is 52.6. The van der Waals surface area contributed by atoms with E-state index in [-0.39, 0.29) is 12.5 Å². The molecule has 1 amide bonds. The van der Waals surface area contributed by atoms with Crippen molar-refractivity contribution in [3.63, 3.8) is 0 Å². The SMILES string of the molecule is O=C(c1ccc(Cn2c(=O)c(=O)[nH]c3cccnc32)cc1)N1CCN(c2ccccn2)CC1. The first-order valence-corrected chi connectivity index (χ1v) is 10.7. The Labute approximate surface area is 189 Å². The molecule has 1 aliphatic rings. The zero-order valence-electron chi connectivity index (χ0n) is 17.8. The van der Waals surface area contributed by atoms with Crippen LogP contribution in [0.5, 0.6) is 0 Å². The first-order valence-electron chi connectivity index (χ1n) is 10.7. The van der Waals surface area contributed by atoms with Gasteiger partial charge in [0, 0.05) is 44.1 Å². The van der Waals surface area contributed by atoms with Gasteiger partial charge >= 0.3 is 11.1 Å². The number of amides is 1. The number of carbonyl (C=O) groups excluding carboxylic acids is 1. The number of fused-ring (bicyclic) bond motifs is 1. The van der Waals surface area contributed by atoms with E-state index < -0.39 is 11.1 Å². The van der Waals surface area contributed by atoms with Crippen molar-refractivity contribution in [1.82, 2.24) is 24.4 Å². The molecule has 0 unspecified atom stereocenters. The van der Waals surface area contributed by atoms with Crippen molar-refractivity contribution >= 4 is 22.9 Å². The lowest BCUT2D eigenvalue weighted by Crippen LogP contribution is -2.49. The van der Waals surface area contributed by atoms with Crippen LogP contribution in [0, 0.1) is 0 Å². The molecule has 1 aromatic carbocycles. The number of rotatable bonds is 4. The van der Waals surface area contributed by atoms with Gasteiger partial charge in [0.15, 0.2) is 5.65 Å². The molecule has 3 aromatic heterocycles. The van der Waals surface area contributed by atoms with Crippen LogP contribution in [0.15, 0.2) is 76.6 Å². The van der Waals surface area contributed by atoms with Crippen molar-refractivity contribution in [3.05, 3.63) is 98.8 Å². The molecule has 0 spiro atoms. The van der Waals surface area contributed by atoms with Gasteiger partial charge in [0.2, 0.25) is 0 Å². The molecular weight excluding hydrogens is 420 g/mol. The van der Waals surface area contributed by atoms with Gasteiger partial charge in [0.25, 0.3) is 5.91 Å². The van der Waals surface area contributed by atoms with E-state index in [9.17, 15) is 14.4 Å². The number of hydrogen-bond donors (Lipinski definition) is 1. The number of anilines is 1. The molecule has 0 aliphatic carbocycles. The second-order valence-corrected chi connectivity index (χ2v) is 7.88. The number of piperazine rings is 1. The molecule has 1 N–H and O–H groups in total. The molecule has 0 saturated carbocycles. The average molecular weight is 442 g/mol. The summed E-state index contributed by atoms with van der Waals surface area (Å²) in [6, 6.07) is 16.4. The Kier molecular flexibility index (Phi) is 5.43. The number of benzene rings is 1. The van der Waals surface area contributed by atoms with Gasteiger partial charge in [0.05, 0.1) is 12.1 Å². The van der Waals surface area contributed by atoms with Crippen molar-refractivity contribution in [2.24, 2.45) is 0 Å². The van der Waals surface area contributed by atoms with Crippen molar-refractivity contribution in [2.75, 3.05) is 31.1 Å². The maximum atomic E-state index is 13.0.